The molecule has 2 rings (SSSR count). The number of ether oxygens (including phenoxy) is 1. The van der Waals surface area contributed by atoms with Crippen LogP contribution in [0, 0.1) is 0 Å². The van der Waals surface area contributed by atoms with Gasteiger partial charge in [-0.3, -0.25) is 9.36 Å². The van der Waals surface area contributed by atoms with Crippen molar-refractivity contribution in [2.75, 3.05) is 6.61 Å². The zero-order valence-electron chi connectivity index (χ0n) is 11.4. The molecular weight excluding hydrogens is 272 g/mol. The second-order valence-corrected chi connectivity index (χ2v) is 4.11. The van der Waals surface area contributed by atoms with E-state index >= 15 is 0 Å². The van der Waals surface area contributed by atoms with Crippen molar-refractivity contribution in [2.24, 2.45) is 5.16 Å². The summed E-state index contributed by atoms with van der Waals surface area (Å²) in [6.07, 6.45) is 1.13. The Morgan fingerprint density at radius 1 is 1.29 bits per heavy atom. The molecule has 6 heteroatoms. The molecule has 1 aromatic heterocycles. The molecule has 1 N–H and O–H groups in total. The van der Waals surface area contributed by atoms with E-state index in [1.54, 1.807) is 31.2 Å². The van der Waals surface area contributed by atoms with Crippen molar-refractivity contribution in [2.45, 2.75) is 6.92 Å². The molecule has 0 amide bonds. The van der Waals surface area contributed by atoms with Crippen LogP contribution in [0.1, 0.15) is 23.0 Å². The average Bonchev–Trinajstić information content (AvgIpc) is 2.49. The van der Waals surface area contributed by atoms with E-state index in [1.165, 1.54) is 16.7 Å². The lowest BCUT2D eigenvalue weighted by Crippen LogP contribution is -2.28. The molecule has 0 radical (unpaired) electrons. The third kappa shape index (κ3) is 3.00. The highest BCUT2D eigenvalue weighted by molar-refractivity contribution is 5.90. The molecule has 0 aliphatic rings. The normalized spacial score (nSPS) is 10.7. The van der Waals surface area contributed by atoms with E-state index in [0.29, 0.717) is 11.4 Å². The topological polar surface area (TPSA) is 80.9 Å². The molecule has 0 aliphatic carbocycles. The first kappa shape index (κ1) is 14.5. The first-order valence-corrected chi connectivity index (χ1v) is 6.35. The van der Waals surface area contributed by atoms with Crippen molar-refractivity contribution in [3.63, 3.8) is 0 Å². The summed E-state index contributed by atoms with van der Waals surface area (Å²) < 4.78 is 6.15. The Kier molecular flexibility index (Phi) is 4.50. The Balaban J connectivity index is 2.67. The maximum atomic E-state index is 12.5. The molecule has 0 saturated heterocycles. The number of para-hydroxylation sites is 1. The van der Waals surface area contributed by atoms with Crippen LogP contribution in [0.2, 0.25) is 0 Å². The smallest absolute Gasteiger partial charge is 0.343 e. The predicted octanol–water partition coefficient (Wildman–Crippen LogP) is 1.82. The van der Waals surface area contributed by atoms with E-state index < -0.39 is 11.5 Å². The minimum atomic E-state index is -0.681. The van der Waals surface area contributed by atoms with Crippen LogP contribution >= 0.6 is 0 Å². The Morgan fingerprint density at radius 2 is 2.00 bits per heavy atom. The van der Waals surface area contributed by atoms with E-state index in [0.717, 1.165) is 6.21 Å². The average molecular weight is 286 g/mol. The summed E-state index contributed by atoms with van der Waals surface area (Å²) in [6, 6.07) is 11.6. The first-order chi connectivity index (χ1) is 10.2. The minimum absolute atomic E-state index is 0.0733. The van der Waals surface area contributed by atoms with Gasteiger partial charge in [-0.1, -0.05) is 23.4 Å². The number of carbonyl (C=O) groups is 1. The summed E-state index contributed by atoms with van der Waals surface area (Å²) >= 11 is 0. The molecule has 0 saturated carbocycles. The largest absolute Gasteiger partial charge is 0.462 e. The fourth-order valence-corrected chi connectivity index (χ4v) is 1.92. The van der Waals surface area contributed by atoms with Crippen molar-refractivity contribution in [3.8, 4) is 5.69 Å². The number of pyridine rings is 1. The zero-order chi connectivity index (χ0) is 15.2. The van der Waals surface area contributed by atoms with Gasteiger partial charge in [0.2, 0.25) is 0 Å². The van der Waals surface area contributed by atoms with E-state index in [9.17, 15) is 9.59 Å². The highest BCUT2D eigenvalue weighted by atomic mass is 16.5. The lowest BCUT2D eigenvalue weighted by atomic mass is 10.2. The predicted molar refractivity (Wildman–Crippen MR) is 77.4 cm³/mol. The molecular formula is C15H14N2O4. The number of nitrogens with zero attached hydrogens (tertiary/aromatic N) is 2. The number of esters is 1. The van der Waals surface area contributed by atoms with Crippen molar-refractivity contribution in [3.05, 3.63) is 64.1 Å². The molecule has 2 aromatic rings. The maximum absolute atomic E-state index is 12.5. The zero-order valence-corrected chi connectivity index (χ0v) is 11.4. The van der Waals surface area contributed by atoms with E-state index in [1.807, 2.05) is 6.07 Å². The van der Waals surface area contributed by atoms with Gasteiger partial charge in [0.05, 0.1) is 18.5 Å². The monoisotopic (exact) mass is 286 g/mol. The fraction of sp³-hybridized carbons (Fsp3) is 0.133. The molecule has 0 bridgehead atoms. The number of carbonyl (C=O) groups excluding carboxylic acids is 1. The summed E-state index contributed by atoms with van der Waals surface area (Å²) in [7, 11) is 0. The molecule has 0 atom stereocenters. The van der Waals surface area contributed by atoms with Crippen molar-refractivity contribution < 1.29 is 14.7 Å². The highest BCUT2D eigenvalue weighted by Crippen LogP contribution is 2.09. The van der Waals surface area contributed by atoms with Gasteiger partial charge in [-0.05, 0) is 31.2 Å². The Hall–Kier alpha value is -2.89. The number of hydrogen-bond donors (Lipinski definition) is 1. The van der Waals surface area contributed by atoms with Gasteiger partial charge in [0.15, 0.2) is 0 Å². The van der Waals surface area contributed by atoms with Gasteiger partial charge in [0.25, 0.3) is 5.56 Å². The molecule has 1 heterocycles. The third-order valence-electron chi connectivity index (χ3n) is 2.81. The van der Waals surface area contributed by atoms with E-state index in [2.05, 4.69) is 5.16 Å². The molecule has 0 unspecified atom stereocenters. The van der Waals surface area contributed by atoms with E-state index in [4.69, 9.17) is 9.94 Å². The summed E-state index contributed by atoms with van der Waals surface area (Å²) in [5.74, 6) is -0.681. The van der Waals surface area contributed by atoms with Gasteiger partial charge in [-0.2, -0.15) is 0 Å². The van der Waals surface area contributed by atoms with Gasteiger partial charge in [-0.15, -0.1) is 0 Å². The van der Waals surface area contributed by atoms with Gasteiger partial charge >= 0.3 is 5.97 Å². The minimum Gasteiger partial charge on any atom is -0.462 e. The number of aromatic nitrogens is 1. The third-order valence-corrected chi connectivity index (χ3v) is 2.81. The van der Waals surface area contributed by atoms with Gasteiger partial charge in [-0.25, -0.2) is 4.79 Å². The molecule has 0 spiro atoms. The molecule has 0 aliphatic heterocycles. The quantitative estimate of drug-likeness (QED) is 0.402. The molecule has 1 aromatic carbocycles. The summed E-state index contributed by atoms with van der Waals surface area (Å²) in [4.78, 5) is 24.3. The van der Waals surface area contributed by atoms with E-state index in [-0.39, 0.29) is 12.2 Å². The summed E-state index contributed by atoms with van der Waals surface area (Å²) in [5.41, 5.74) is 0.304. The highest BCUT2D eigenvalue weighted by Gasteiger charge is 2.16. The number of benzene rings is 1. The molecule has 21 heavy (non-hydrogen) atoms. The van der Waals surface area contributed by atoms with Crippen LogP contribution in [0.4, 0.5) is 0 Å². The number of hydrogen-bond acceptors (Lipinski definition) is 5. The Labute approximate surface area is 120 Å². The number of oxime groups is 1. The Morgan fingerprint density at radius 3 is 2.62 bits per heavy atom. The lowest BCUT2D eigenvalue weighted by Gasteiger charge is -2.11. The molecule has 6 nitrogen and oxygen atoms in total. The summed E-state index contributed by atoms with van der Waals surface area (Å²) in [6.45, 7) is 1.85. The second kappa shape index (κ2) is 6.51. The van der Waals surface area contributed by atoms with Crippen LogP contribution in [0.15, 0.2) is 52.4 Å². The first-order valence-electron chi connectivity index (χ1n) is 6.35. The van der Waals surface area contributed by atoms with Crippen LogP contribution in [-0.4, -0.2) is 28.6 Å². The fourth-order valence-electron chi connectivity index (χ4n) is 1.92. The standard InChI is InChI=1S/C15H14N2O4/c1-2-21-15(19)13-9-8-12(10-16-20)17(14(13)18)11-6-4-3-5-7-11/h3-10,20H,2H2,1H3. The molecule has 0 fully saturated rings. The van der Waals surface area contributed by atoms with Gasteiger partial charge in [0, 0.05) is 5.69 Å². The van der Waals surface area contributed by atoms with Crippen LogP contribution in [0.3, 0.4) is 0 Å². The molecule has 108 valence electrons. The van der Waals surface area contributed by atoms with Crippen molar-refractivity contribution in [1.82, 2.24) is 4.57 Å². The lowest BCUT2D eigenvalue weighted by molar-refractivity contribution is 0.0524. The number of rotatable bonds is 4. The summed E-state index contributed by atoms with van der Waals surface area (Å²) in [5, 5.41) is 11.7. The van der Waals surface area contributed by atoms with Crippen molar-refractivity contribution >= 4 is 12.2 Å². The van der Waals surface area contributed by atoms with Crippen LogP contribution in [0.25, 0.3) is 5.69 Å². The maximum Gasteiger partial charge on any atom is 0.343 e. The van der Waals surface area contributed by atoms with Crippen LogP contribution in [-0.2, 0) is 4.74 Å². The van der Waals surface area contributed by atoms with Crippen molar-refractivity contribution in [1.29, 1.82) is 0 Å². The van der Waals surface area contributed by atoms with Crippen LogP contribution < -0.4 is 5.56 Å². The van der Waals surface area contributed by atoms with Gasteiger partial charge < -0.3 is 9.94 Å². The van der Waals surface area contributed by atoms with Crippen LogP contribution in [0.5, 0.6) is 0 Å². The van der Waals surface area contributed by atoms with Gasteiger partial charge in [0.1, 0.15) is 5.56 Å². The second-order valence-electron chi connectivity index (χ2n) is 4.11. The Bertz CT molecular complexity index is 720. The SMILES string of the molecule is CCOC(=O)c1ccc(C=NO)n(-c2ccccc2)c1=O.